The lowest BCUT2D eigenvalue weighted by Crippen LogP contribution is -2.42. The standard InChI is InChI=1S/C17H25N3O/c1-16(2,3)20-12-14(11-19-20)10-18-17(4,13-21)15-8-6-5-7-9-15/h5-9,11-12,18,21H,10,13H2,1-4H3. The zero-order valence-corrected chi connectivity index (χ0v) is 13.3. The lowest BCUT2D eigenvalue weighted by Gasteiger charge is -2.29. The first-order valence-electron chi connectivity index (χ1n) is 7.30. The predicted molar refractivity (Wildman–Crippen MR) is 84.9 cm³/mol. The van der Waals surface area contributed by atoms with Gasteiger partial charge in [-0.1, -0.05) is 30.3 Å². The second-order valence-corrected chi connectivity index (χ2v) is 6.67. The van der Waals surface area contributed by atoms with Gasteiger partial charge in [-0.2, -0.15) is 5.10 Å². The minimum atomic E-state index is -0.453. The molecule has 1 unspecified atom stereocenters. The summed E-state index contributed by atoms with van der Waals surface area (Å²) in [7, 11) is 0. The van der Waals surface area contributed by atoms with Gasteiger partial charge in [0.2, 0.25) is 0 Å². The van der Waals surface area contributed by atoms with Crippen molar-refractivity contribution in [1.82, 2.24) is 15.1 Å². The lowest BCUT2D eigenvalue weighted by molar-refractivity contribution is 0.173. The van der Waals surface area contributed by atoms with Crippen LogP contribution in [0.5, 0.6) is 0 Å². The average Bonchev–Trinajstić information content (AvgIpc) is 2.95. The van der Waals surface area contributed by atoms with E-state index in [2.05, 4.69) is 37.4 Å². The highest BCUT2D eigenvalue weighted by molar-refractivity contribution is 5.24. The highest BCUT2D eigenvalue weighted by Crippen LogP contribution is 2.21. The number of aliphatic hydroxyl groups is 1. The van der Waals surface area contributed by atoms with Crippen molar-refractivity contribution in [2.45, 2.75) is 45.3 Å². The number of aliphatic hydroxyl groups excluding tert-OH is 1. The molecule has 0 radical (unpaired) electrons. The summed E-state index contributed by atoms with van der Waals surface area (Å²) in [4.78, 5) is 0. The molecule has 4 heteroatoms. The minimum Gasteiger partial charge on any atom is -0.394 e. The average molecular weight is 287 g/mol. The molecule has 0 fully saturated rings. The molecule has 114 valence electrons. The van der Waals surface area contributed by atoms with E-state index < -0.39 is 5.54 Å². The van der Waals surface area contributed by atoms with E-state index in [9.17, 15) is 5.11 Å². The third-order valence-corrected chi connectivity index (χ3v) is 3.73. The molecule has 0 aliphatic heterocycles. The van der Waals surface area contributed by atoms with Crippen molar-refractivity contribution in [3.63, 3.8) is 0 Å². The molecule has 0 spiro atoms. The highest BCUT2D eigenvalue weighted by Gasteiger charge is 2.25. The Kier molecular flexibility index (Phi) is 4.49. The van der Waals surface area contributed by atoms with E-state index in [1.54, 1.807) is 0 Å². The third-order valence-electron chi connectivity index (χ3n) is 3.73. The molecule has 0 bridgehead atoms. The summed E-state index contributed by atoms with van der Waals surface area (Å²) in [6, 6.07) is 10.0. The van der Waals surface area contributed by atoms with Gasteiger partial charge in [-0.3, -0.25) is 4.68 Å². The van der Waals surface area contributed by atoms with Gasteiger partial charge in [-0.15, -0.1) is 0 Å². The van der Waals surface area contributed by atoms with Crippen LogP contribution in [0.2, 0.25) is 0 Å². The van der Waals surface area contributed by atoms with E-state index >= 15 is 0 Å². The molecule has 0 saturated carbocycles. The van der Waals surface area contributed by atoms with Gasteiger partial charge in [-0.05, 0) is 33.3 Å². The van der Waals surface area contributed by atoms with Crippen molar-refractivity contribution in [3.05, 3.63) is 53.9 Å². The van der Waals surface area contributed by atoms with Gasteiger partial charge in [0.25, 0.3) is 0 Å². The van der Waals surface area contributed by atoms with E-state index in [1.165, 1.54) is 0 Å². The first-order chi connectivity index (χ1) is 9.85. The third kappa shape index (κ3) is 3.71. The van der Waals surface area contributed by atoms with Crippen LogP contribution in [0.1, 0.15) is 38.8 Å². The van der Waals surface area contributed by atoms with Gasteiger partial charge in [0.15, 0.2) is 0 Å². The Morgan fingerprint density at radius 2 is 1.81 bits per heavy atom. The first kappa shape index (κ1) is 15.7. The number of rotatable bonds is 5. The molecule has 0 saturated heterocycles. The number of hydrogen-bond acceptors (Lipinski definition) is 3. The Balaban J connectivity index is 2.09. The van der Waals surface area contributed by atoms with Crippen molar-refractivity contribution in [2.75, 3.05) is 6.61 Å². The summed E-state index contributed by atoms with van der Waals surface area (Å²) in [5.74, 6) is 0. The molecule has 1 heterocycles. The quantitative estimate of drug-likeness (QED) is 0.889. The van der Waals surface area contributed by atoms with Gasteiger partial charge in [0.05, 0.1) is 23.9 Å². The Morgan fingerprint density at radius 3 is 2.33 bits per heavy atom. The molecule has 1 aromatic heterocycles. The van der Waals surface area contributed by atoms with Crippen molar-refractivity contribution in [1.29, 1.82) is 0 Å². The molecule has 4 nitrogen and oxygen atoms in total. The second-order valence-electron chi connectivity index (χ2n) is 6.67. The summed E-state index contributed by atoms with van der Waals surface area (Å²) < 4.78 is 1.96. The van der Waals surface area contributed by atoms with Gasteiger partial charge in [-0.25, -0.2) is 0 Å². The largest absolute Gasteiger partial charge is 0.394 e. The van der Waals surface area contributed by atoms with Gasteiger partial charge in [0.1, 0.15) is 0 Å². The van der Waals surface area contributed by atoms with Crippen LogP contribution < -0.4 is 5.32 Å². The summed E-state index contributed by atoms with van der Waals surface area (Å²) in [6.07, 6.45) is 3.93. The van der Waals surface area contributed by atoms with Crippen LogP contribution in [0, 0.1) is 0 Å². The van der Waals surface area contributed by atoms with Crippen LogP contribution in [0.3, 0.4) is 0 Å². The smallest absolute Gasteiger partial charge is 0.0652 e. The topological polar surface area (TPSA) is 50.1 Å². The number of nitrogens with one attached hydrogen (secondary N) is 1. The number of nitrogens with zero attached hydrogens (tertiary/aromatic N) is 2. The summed E-state index contributed by atoms with van der Waals surface area (Å²) >= 11 is 0. The van der Waals surface area contributed by atoms with Crippen molar-refractivity contribution < 1.29 is 5.11 Å². The Hall–Kier alpha value is -1.65. The molecule has 2 rings (SSSR count). The zero-order valence-electron chi connectivity index (χ0n) is 13.3. The normalized spacial score (nSPS) is 14.9. The van der Waals surface area contributed by atoms with Crippen LogP contribution in [0.15, 0.2) is 42.7 Å². The fraction of sp³-hybridized carbons (Fsp3) is 0.471. The fourth-order valence-corrected chi connectivity index (χ4v) is 2.17. The molecule has 0 aliphatic carbocycles. The van der Waals surface area contributed by atoms with E-state index in [-0.39, 0.29) is 12.1 Å². The van der Waals surface area contributed by atoms with Crippen LogP contribution in [-0.2, 0) is 17.6 Å². The molecule has 2 aromatic rings. The summed E-state index contributed by atoms with van der Waals surface area (Å²) in [5.41, 5.74) is 1.72. The number of benzene rings is 1. The zero-order chi connectivity index (χ0) is 15.5. The van der Waals surface area contributed by atoms with Crippen LogP contribution >= 0.6 is 0 Å². The van der Waals surface area contributed by atoms with E-state index in [4.69, 9.17) is 0 Å². The van der Waals surface area contributed by atoms with Gasteiger partial charge in [0, 0.05) is 18.3 Å². The molecular formula is C17H25N3O. The maximum atomic E-state index is 9.77. The van der Waals surface area contributed by atoms with E-state index in [0.717, 1.165) is 11.1 Å². The van der Waals surface area contributed by atoms with E-state index in [1.807, 2.05) is 48.1 Å². The second kappa shape index (κ2) is 6.00. The van der Waals surface area contributed by atoms with Crippen molar-refractivity contribution >= 4 is 0 Å². The summed E-state index contributed by atoms with van der Waals surface area (Å²) in [6.45, 7) is 9.10. The monoisotopic (exact) mass is 287 g/mol. The van der Waals surface area contributed by atoms with Crippen molar-refractivity contribution in [2.24, 2.45) is 0 Å². The molecule has 0 aliphatic rings. The van der Waals surface area contributed by atoms with E-state index in [0.29, 0.717) is 6.54 Å². The lowest BCUT2D eigenvalue weighted by atomic mass is 9.93. The Morgan fingerprint density at radius 1 is 1.14 bits per heavy atom. The van der Waals surface area contributed by atoms with Crippen LogP contribution in [0.25, 0.3) is 0 Å². The Labute approximate surface area is 126 Å². The SMILES string of the molecule is CC(CO)(NCc1cnn(C(C)(C)C)c1)c1ccccc1. The first-order valence-corrected chi connectivity index (χ1v) is 7.30. The molecule has 2 N–H and O–H groups in total. The number of hydrogen-bond donors (Lipinski definition) is 2. The van der Waals surface area contributed by atoms with Crippen LogP contribution in [0.4, 0.5) is 0 Å². The van der Waals surface area contributed by atoms with Gasteiger partial charge >= 0.3 is 0 Å². The van der Waals surface area contributed by atoms with Gasteiger partial charge < -0.3 is 10.4 Å². The molecule has 1 aromatic carbocycles. The molecular weight excluding hydrogens is 262 g/mol. The molecule has 21 heavy (non-hydrogen) atoms. The molecule has 0 amide bonds. The maximum absolute atomic E-state index is 9.77. The summed E-state index contributed by atoms with van der Waals surface area (Å²) in [5, 5.41) is 17.6. The minimum absolute atomic E-state index is 0.0159. The van der Waals surface area contributed by atoms with Crippen molar-refractivity contribution in [3.8, 4) is 0 Å². The Bertz CT molecular complexity index is 571. The van der Waals surface area contributed by atoms with Crippen LogP contribution in [-0.4, -0.2) is 21.5 Å². The number of aromatic nitrogens is 2. The molecule has 1 atom stereocenters. The fourth-order valence-electron chi connectivity index (χ4n) is 2.17. The maximum Gasteiger partial charge on any atom is 0.0652 e. The highest BCUT2D eigenvalue weighted by atomic mass is 16.3. The predicted octanol–water partition coefficient (Wildman–Crippen LogP) is 2.64.